The van der Waals surface area contributed by atoms with Gasteiger partial charge < -0.3 is 9.47 Å². The summed E-state index contributed by atoms with van der Waals surface area (Å²) in [5.74, 6) is -0.396. The second-order valence-electron chi connectivity index (χ2n) is 5.15. The van der Waals surface area contributed by atoms with E-state index in [0.29, 0.717) is 6.54 Å². The van der Waals surface area contributed by atoms with Crippen molar-refractivity contribution in [2.75, 3.05) is 33.4 Å². The highest BCUT2D eigenvalue weighted by Gasteiger charge is 2.27. The van der Waals surface area contributed by atoms with E-state index in [1.807, 2.05) is 30.3 Å². The van der Waals surface area contributed by atoms with Crippen LogP contribution in [0.2, 0.25) is 0 Å². The van der Waals surface area contributed by atoms with Crippen LogP contribution in [0, 0.1) is 0 Å². The number of morpholine rings is 1. The van der Waals surface area contributed by atoms with Gasteiger partial charge in [0.25, 0.3) is 0 Å². The third-order valence-electron chi connectivity index (χ3n) is 3.81. The van der Waals surface area contributed by atoms with Crippen LogP contribution < -0.4 is 0 Å². The number of ether oxygens (including phenoxy) is 2. The Balaban J connectivity index is 2.06. The molecule has 4 heteroatoms. The largest absolute Gasteiger partial charge is 0.469 e. The number of benzene rings is 1. The second-order valence-corrected chi connectivity index (χ2v) is 5.15. The van der Waals surface area contributed by atoms with Gasteiger partial charge in [0, 0.05) is 19.6 Å². The zero-order valence-electron chi connectivity index (χ0n) is 12.2. The van der Waals surface area contributed by atoms with Gasteiger partial charge in [-0.25, -0.2) is 0 Å². The van der Waals surface area contributed by atoms with Crippen molar-refractivity contribution in [3.8, 4) is 0 Å². The molecule has 0 amide bonds. The number of rotatable bonds is 5. The van der Waals surface area contributed by atoms with Crippen LogP contribution in [0.15, 0.2) is 30.3 Å². The maximum Gasteiger partial charge on any atom is 0.314 e. The summed E-state index contributed by atoms with van der Waals surface area (Å²) in [6.07, 6.45) is 1.28. The van der Waals surface area contributed by atoms with Crippen LogP contribution >= 0.6 is 0 Å². The molecule has 0 aliphatic carbocycles. The Bertz CT molecular complexity index is 421. The SMILES string of the molecule is CCC1CN(CC(C(=O)OC)c2ccccc2)CCO1. The number of methoxy groups -OCH3 is 1. The molecule has 1 fully saturated rings. The summed E-state index contributed by atoms with van der Waals surface area (Å²) in [6, 6.07) is 9.84. The van der Waals surface area contributed by atoms with Crippen LogP contribution in [-0.2, 0) is 14.3 Å². The highest BCUT2D eigenvalue weighted by molar-refractivity contribution is 5.78. The summed E-state index contributed by atoms with van der Waals surface area (Å²) in [4.78, 5) is 14.4. The second kappa shape index (κ2) is 7.41. The maximum absolute atomic E-state index is 12.1. The van der Waals surface area contributed by atoms with Crippen molar-refractivity contribution in [3.63, 3.8) is 0 Å². The normalized spacial score (nSPS) is 21.4. The first-order valence-electron chi connectivity index (χ1n) is 7.21. The minimum absolute atomic E-state index is 0.171. The number of carbonyl (C=O) groups excluding carboxylic acids is 1. The highest BCUT2D eigenvalue weighted by Crippen LogP contribution is 2.20. The zero-order valence-corrected chi connectivity index (χ0v) is 12.2. The lowest BCUT2D eigenvalue weighted by Crippen LogP contribution is -2.44. The number of carbonyl (C=O) groups is 1. The molecule has 1 aliphatic rings. The highest BCUT2D eigenvalue weighted by atomic mass is 16.5. The number of nitrogens with zero attached hydrogens (tertiary/aromatic N) is 1. The van der Waals surface area contributed by atoms with Gasteiger partial charge in [-0.2, -0.15) is 0 Å². The molecule has 110 valence electrons. The molecule has 1 aromatic rings. The molecule has 2 atom stereocenters. The predicted molar refractivity (Wildman–Crippen MR) is 77.7 cm³/mol. The Morgan fingerprint density at radius 3 is 2.85 bits per heavy atom. The van der Waals surface area contributed by atoms with Crippen molar-refractivity contribution >= 4 is 5.97 Å². The Hall–Kier alpha value is -1.39. The van der Waals surface area contributed by atoms with Crippen molar-refractivity contribution < 1.29 is 14.3 Å². The van der Waals surface area contributed by atoms with E-state index in [1.165, 1.54) is 7.11 Å². The van der Waals surface area contributed by atoms with E-state index in [-0.39, 0.29) is 18.0 Å². The summed E-state index contributed by atoms with van der Waals surface area (Å²) in [7, 11) is 1.45. The number of esters is 1. The molecule has 1 heterocycles. The van der Waals surface area contributed by atoms with Crippen LogP contribution in [0.4, 0.5) is 0 Å². The van der Waals surface area contributed by atoms with Crippen molar-refractivity contribution in [1.82, 2.24) is 4.90 Å². The summed E-state index contributed by atoms with van der Waals surface area (Å²) in [5.41, 5.74) is 1.01. The van der Waals surface area contributed by atoms with E-state index < -0.39 is 0 Å². The molecule has 1 saturated heterocycles. The molecule has 1 aliphatic heterocycles. The van der Waals surface area contributed by atoms with Gasteiger partial charge in [0.05, 0.1) is 25.7 Å². The first-order valence-corrected chi connectivity index (χ1v) is 7.21. The Morgan fingerprint density at radius 2 is 2.20 bits per heavy atom. The monoisotopic (exact) mass is 277 g/mol. The lowest BCUT2D eigenvalue weighted by atomic mass is 9.98. The molecular weight excluding hydrogens is 254 g/mol. The van der Waals surface area contributed by atoms with Crippen molar-refractivity contribution in [2.24, 2.45) is 0 Å². The summed E-state index contributed by atoms with van der Waals surface area (Å²) < 4.78 is 10.6. The summed E-state index contributed by atoms with van der Waals surface area (Å²) in [6.45, 7) is 5.31. The van der Waals surface area contributed by atoms with Crippen LogP contribution in [0.3, 0.4) is 0 Å². The predicted octanol–water partition coefficient (Wildman–Crippen LogP) is 2.05. The molecule has 0 saturated carbocycles. The zero-order chi connectivity index (χ0) is 14.4. The minimum Gasteiger partial charge on any atom is -0.469 e. The Morgan fingerprint density at radius 1 is 1.45 bits per heavy atom. The molecule has 0 N–H and O–H groups in total. The van der Waals surface area contributed by atoms with Gasteiger partial charge in [-0.05, 0) is 12.0 Å². The summed E-state index contributed by atoms with van der Waals surface area (Å²) in [5, 5.41) is 0. The van der Waals surface area contributed by atoms with Crippen molar-refractivity contribution in [2.45, 2.75) is 25.4 Å². The van der Waals surface area contributed by atoms with Crippen LogP contribution in [0.1, 0.15) is 24.8 Å². The molecule has 0 bridgehead atoms. The van der Waals surface area contributed by atoms with Gasteiger partial charge >= 0.3 is 5.97 Å². The molecule has 0 aromatic heterocycles. The third kappa shape index (κ3) is 3.81. The molecule has 1 aromatic carbocycles. The fourth-order valence-corrected chi connectivity index (χ4v) is 2.60. The van der Waals surface area contributed by atoms with Crippen molar-refractivity contribution in [3.05, 3.63) is 35.9 Å². The molecule has 0 radical (unpaired) electrons. The number of hydrogen-bond acceptors (Lipinski definition) is 4. The van der Waals surface area contributed by atoms with E-state index >= 15 is 0 Å². The minimum atomic E-state index is -0.225. The molecule has 2 rings (SSSR count). The molecular formula is C16H23NO3. The van der Waals surface area contributed by atoms with E-state index in [1.54, 1.807) is 0 Å². The van der Waals surface area contributed by atoms with Gasteiger partial charge in [0.1, 0.15) is 0 Å². The number of hydrogen-bond donors (Lipinski definition) is 0. The average Bonchev–Trinajstić information content (AvgIpc) is 2.53. The lowest BCUT2D eigenvalue weighted by Gasteiger charge is -2.34. The van der Waals surface area contributed by atoms with Gasteiger partial charge in [0.2, 0.25) is 0 Å². The smallest absolute Gasteiger partial charge is 0.314 e. The van der Waals surface area contributed by atoms with Crippen molar-refractivity contribution in [1.29, 1.82) is 0 Å². The first kappa shape index (κ1) is 15.0. The molecule has 0 spiro atoms. The summed E-state index contributed by atoms with van der Waals surface area (Å²) >= 11 is 0. The van der Waals surface area contributed by atoms with Crippen LogP contribution in [0.5, 0.6) is 0 Å². The van der Waals surface area contributed by atoms with E-state index in [2.05, 4.69) is 11.8 Å². The first-order chi connectivity index (χ1) is 9.74. The van der Waals surface area contributed by atoms with Crippen LogP contribution in [0.25, 0.3) is 0 Å². The topological polar surface area (TPSA) is 38.8 Å². The molecule has 2 unspecified atom stereocenters. The fraction of sp³-hybridized carbons (Fsp3) is 0.562. The van der Waals surface area contributed by atoms with E-state index in [9.17, 15) is 4.79 Å². The fourth-order valence-electron chi connectivity index (χ4n) is 2.60. The quantitative estimate of drug-likeness (QED) is 0.772. The standard InChI is InChI=1S/C16H23NO3/c1-3-14-11-17(9-10-20-14)12-15(16(18)19-2)13-7-5-4-6-8-13/h4-8,14-15H,3,9-12H2,1-2H3. The van der Waals surface area contributed by atoms with Gasteiger partial charge in [-0.1, -0.05) is 37.3 Å². The molecule has 20 heavy (non-hydrogen) atoms. The molecule has 4 nitrogen and oxygen atoms in total. The van der Waals surface area contributed by atoms with E-state index in [4.69, 9.17) is 9.47 Å². The van der Waals surface area contributed by atoms with Gasteiger partial charge in [0.15, 0.2) is 0 Å². The van der Waals surface area contributed by atoms with Gasteiger partial charge in [-0.15, -0.1) is 0 Å². The lowest BCUT2D eigenvalue weighted by molar-refractivity contribution is -0.143. The Kier molecular flexibility index (Phi) is 5.56. The third-order valence-corrected chi connectivity index (χ3v) is 3.81. The maximum atomic E-state index is 12.1. The van der Waals surface area contributed by atoms with Gasteiger partial charge in [-0.3, -0.25) is 9.69 Å². The average molecular weight is 277 g/mol. The van der Waals surface area contributed by atoms with E-state index in [0.717, 1.165) is 31.7 Å². The Labute approximate surface area is 120 Å². The van der Waals surface area contributed by atoms with Crippen LogP contribution in [-0.4, -0.2) is 50.3 Å².